The van der Waals surface area contributed by atoms with Gasteiger partial charge in [0.25, 0.3) is 5.91 Å². The highest BCUT2D eigenvalue weighted by Crippen LogP contribution is 2.14. The molecule has 5 heteroatoms. The first-order valence-electron chi connectivity index (χ1n) is 6.00. The average molecular weight is 270 g/mol. The molecule has 0 bridgehead atoms. The lowest BCUT2D eigenvalue weighted by Gasteiger charge is -2.01. The van der Waals surface area contributed by atoms with E-state index >= 15 is 0 Å². The fourth-order valence-corrected chi connectivity index (χ4v) is 1.85. The predicted octanol–water partition coefficient (Wildman–Crippen LogP) is 1.77. The molecule has 0 aliphatic carbocycles. The minimum atomic E-state index is -0.621. The Morgan fingerprint density at radius 3 is 2.60 bits per heavy atom. The number of nitrogens with zero attached hydrogens (tertiary/aromatic N) is 1. The van der Waals surface area contributed by atoms with E-state index in [2.05, 4.69) is 0 Å². The Morgan fingerprint density at radius 2 is 1.95 bits per heavy atom. The summed E-state index contributed by atoms with van der Waals surface area (Å²) in [6, 6.07) is 10.7. The fraction of sp³-hybridized carbons (Fsp3) is 0.0667. The molecule has 0 aliphatic heterocycles. The number of benzene rings is 1. The van der Waals surface area contributed by atoms with E-state index in [1.54, 1.807) is 36.0 Å². The Morgan fingerprint density at radius 1 is 1.25 bits per heavy atom. The molecular weight excluding hydrogens is 256 g/mol. The normalized spacial score (nSPS) is 10.7. The van der Waals surface area contributed by atoms with Crippen LogP contribution in [-0.4, -0.2) is 21.5 Å². The quantitative estimate of drug-likeness (QED) is 0.385. The van der Waals surface area contributed by atoms with Gasteiger partial charge in [-0.15, -0.1) is 0 Å². The number of ketones is 1. The first kappa shape index (κ1) is 13.8. The number of aryl methyl sites for hydroxylation is 1. The highest BCUT2D eigenvalue weighted by molar-refractivity contribution is 6.08. The maximum Gasteiger partial charge on any atom is 0.267 e. The van der Waals surface area contributed by atoms with E-state index < -0.39 is 5.91 Å². The average Bonchev–Trinajstić information content (AvgIpc) is 2.86. The summed E-state index contributed by atoms with van der Waals surface area (Å²) in [5, 5.41) is 8.40. The van der Waals surface area contributed by atoms with Crippen molar-refractivity contribution in [2.45, 2.75) is 0 Å². The minimum absolute atomic E-state index is 0.0839. The zero-order chi connectivity index (χ0) is 14.5. The highest BCUT2D eigenvalue weighted by atomic mass is 16.5. The summed E-state index contributed by atoms with van der Waals surface area (Å²) in [6.45, 7) is 0. The monoisotopic (exact) mass is 270 g/mol. The molecule has 0 atom stereocenters. The van der Waals surface area contributed by atoms with Gasteiger partial charge in [-0.05, 0) is 17.7 Å². The predicted molar refractivity (Wildman–Crippen MR) is 74.3 cm³/mol. The van der Waals surface area contributed by atoms with Gasteiger partial charge in [-0.1, -0.05) is 30.3 Å². The summed E-state index contributed by atoms with van der Waals surface area (Å²) in [7, 11) is 1.76. The summed E-state index contributed by atoms with van der Waals surface area (Å²) >= 11 is 0. The van der Waals surface area contributed by atoms with Gasteiger partial charge >= 0.3 is 0 Å². The van der Waals surface area contributed by atoms with Crippen molar-refractivity contribution < 1.29 is 14.8 Å². The molecule has 2 N–H and O–H groups in total. The van der Waals surface area contributed by atoms with Gasteiger partial charge < -0.3 is 4.57 Å². The van der Waals surface area contributed by atoms with Crippen LogP contribution in [0.4, 0.5) is 0 Å². The molecule has 0 fully saturated rings. The molecule has 102 valence electrons. The van der Waals surface area contributed by atoms with Gasteiger partial charge in [0.1, 0.15) is 0 Å². The number of hydroxylamine groups is 1. The maximum atomic E-state index is 12.3. The van der Waals surface area contributed by atoms with E-state index in [1.807, 2.05) is 18.2 Å². The first-order valence-corrected chi connectivity index (χ1v) is 6.00. The molecule has 0 saturated heterocycles. The van der Waals surface area contributed by atoms with Gasteiger partial charge in [0.2, 0.25) is 5.78 Å². The lowest BCUT2D eigenvalue weighted by atomic mass is 10.1. The van der Waals surface area contributed by atoms with Crippen molar-refractivity contribution in [1.82, 2.24) is 10.0 Å². The van der Waals surface area contributed by atoms with Crippen LogP contribution in [0, 0.1) is 0 Å². The summed E-state index contributed by atoms with van der Waals surface area (Å²) in [5.41, 5.74) is 3.35. The van der Waals surface area contributed by atoms with Crippen LogP contribution in [0.3, 0.4) is 0 Å². The third-order valence-corrected chi connectivity index (χ3v) is 2.83. The van der Waals surface area contributed by atoms with E-state index in [0.717, 1.165) is 0 Å². The highest BCUT2D eigenvalue weighted by Gasteiger charge is 2.12. The Balaban J connectivity index is 2.26. The van der Waals surface area contributed by atoms with Crippen LogP contribution in [-0.2, 0) is 11.8 Å². The second-order valence-electron chi connectivity index (χ2n) is 4.27. The number of carbonyl (C=O) groups excluding carboxylic acids is 2. The van der Waals surface area contributed by atoms with E-state index in [-0.39, 0.29) is 5.78 Å². The largest absolute Gasteiger partial charge is 0.347 e. The van der Waals surface area contributed by atoms with Crippen molar-refractivity contribution in [2.24, 2.45) is 7.05 Å². The number of carbonyl (C=O) groups is 2. The van der Waals surface area contributed by atoms with Gasteiger partial charge in [-0.2, -0.15) is 0 Å². The molecule has 5 nitrogen and oxygen atoms in total. The van der Waals surface area contributed by atoms with E-state index in [9.17, 15) is 9.59 Å². The van der Waals surface area contributed by atoms with Crippen molar-refractivity contribution in [3.63, 3.8) is 0 Å². The van der Waals surface area contributed by atoms with Gasteiger partial charge in [0.05, 0.1) is 5.69 Å². The minimum Gasteiger partial charge on any atom is -0.347 e. The lowest BCUT2D eigenvalue weighted by Crippen LogP contribution is -2.14. The van der Waals surface area contributed by atoms with Crippen LogP contribution in [0.2, 0.25) is 0 Å². The summed E-state index contributed by atoms with van der Waals surface area (Å²) < 4.78 is 1.70. The maximum absolute atomic E-state index is 12.3. The molecule has 2 rings (SSSR count). The molecule has 1 heterocycles. The zero-order valence-electron chi connectivity index (χ0n) is 10.9. The van der Waals surface area contributed by atoms with E-state index in [1.165, 1.54) is 17.6 Å². The van der Waals surface area contributed by atoms with E-state index in [0.29, 0.717) is 16.8 Å². The molecule has 0 spiro atoms. The van der Waals surface area contributed by atoms with Crippen LogP contribution in [0.15, 0.2) is 48.7 Å². The van der Waals surface area contributed by atoms with Crippen molar-refractivity contribution in [1.29, 1.82) is 0 Å². The van der Waals surface area contributed by atoms with Crippen molar-refractivity contribution in [3.05, 3.63) is 65.5 Å². The summed E-state index contributed by atoms with van der Waals surface area (Å²) in [6.07, 6.45) is 4.44. The molecule has 0 unspecified atom stereocenters. The molecule has 0 saturated carbocycles. The van der Waals surface area contributed by atoms with Gasteiger partial charge in [-0.25, -0.2) is 5.48 Å². The fourth-order valence-electron chi connectivity index (χ4n) is 1.85. The number of amides is 1. The van der Waals surface area contributed by atoms with Gasteiger partial charge in [0, 0.05) is 24.9 Å². The third kappa shape index (κ3) is 3.02. The Kier molecular flexibility index (Phi) is 4.12. The molecule has 2 aromatic rings. The van der Waals surface area contributed by atoms with Crippen LogP contribution < -0.4 is 5.48 Å². The molecule has 1 amide bonds. The molecule has 20 heavy (non-hydrogen) atoms. The number of aromatic nitrogens is 1. The zero-order valence-corrected chi connectivity index (χ0v) is 10.9. The summed E-state index contributed by atoms with van der Waals surface area (Å²) in [4.78, 5) is 23.2. The number of rotatable bonds is 4. The van der Waals surface area contributed by atoms with Crippen LogP contribution in [0.1, 0.15) is 21.6 Å². The molecular formula is C15H14N2O3. The summed E-state index contributed by atoms with van der Waals surface area (Å²) in [5.74, 6) is -0.704. The molecule has 0 radical (unpaired) electrons. The first-order chi connectivity index (χ1) is 9.61. The SMILES string of the molecule is Cn1cc(/C=C/C(=O)NO)cc1C(=O)c1ccccc1. The third-order valence-electron chi connectivity index (χ3n) is 2.83. The van der Waals surface area contributed by atoms with Gasteiger partial charge in [-0.3, -0.25) is 14.8 Å². The van der Waals surface area contributed by atoms with Crippen molar-refractivity contribution in [2.75, 3.05) is 0 Å². The van der Waals surface area contributed by atoms with Crippen molar-refractivity contribution >= 4 is 17.8 Å². The Hall–Kier alpha value is -2.66. The number of nitrogens with one attached hydrogen (secondary N) is 1. The van der Waals surface area contributed by atoms with Crippen LogP contribution in [0.25, 0.3) is 6.08 Å². The Labute approximate surface area is 116 Å². The molecule has 1 aromatic carbocycles. The topological polar surface area (TPSA) is 71.3 Å². The smallest absolute Gasteiger partial charge is 0.267 e. The number of hydrogen-bond donors (Lipinski definition) is 2. The van der Waals surface area contributed by atoms with Crippen molar-refractivity contribution in [3.8, 4) is 0 Å². The standard InChI is InChI=1S/C15H14N2O3/c1-17-10-11(7-8-14(18)16-20)9-13(17)15(19)12-5-3-2-4-6-12/h2-10,20H,1H3,(H,16,18)/b8-7+. The lowest BCUT2D eigenvalue weighted by molar-refractivity contribution is -0.124. The van der Waals surface area contributed by atoms with Gasteiger partial charge in [0.15, 0.2) is 0 Å². The van der Waals surface area contributed by atoms with E-state index in [4.69, 9.17) is 5.21 Å². The number of hydrogen-bond acceptors (Lipinski definition) is 3. The van der Waals surface area contributed by atoms with Crippen LogP contribution >= 0.6 is 0 Å². The second-order valence-corrected chi connectivity index (χ2v) is 4.27. The molecule has 0 aliphatic rings. The molecule has 1 aromatic heterocycles. The van der Waals surface area contributed by atoms with Crippen LogP contribution in [0.5, 0.6) is 0 Å². The second kappa shape index (κ2) is 5.99. The Bertz CT molecular complexity index is 657.